The second kappa shape index (κ2) is 7.49. The zero-order valence-electron chi connectivity index (χ0n) is 13.1. The van der Waals surface area contributed by atoms with Crippen LogP contribution in [-0.4, -0.2) is 11.5 Å². The number of benzene rings is 2. The second-order valence-corrected chi connectivity index (χ2v) is 6.61. The van der Waals surface area contributed by atoms with E-state index in [1.54, 1.807) is 23.5 Å². The van der Waals surface area contributed by atoms with Crippen LogP contribution < -0.4 is 5.32 Å². The van der Waals surface area contributed by atoms with Gasteiger partial charge in [0.15, 0.2) is 0 Å². The number of aromatic nitrogens is 1. The van der Waals surface area contributed by atoms with Crippen molar-refractivity contribution in [3.05, 3.63) is 76.7 Å². The lowest BCUT2D eigenvalue weighted by Crippen LogP contribution is -2.16. The summed E-state index contributed by atoms with van der Waals surface area (Å²) in [6.45, 7) is 3.67. The molecule has 0 aliphatic carbocycles. The fourth-order valence-corrected chi connectivity index (χ4v) is 3.46. The molecule has 0 unspecified atom stereocenters. The summed E-state index contributed by atoms with van der Waals surface area (Å²) in [5.74, 6) is -0.176. The summed E-state index contributed by atoms with van der Waals surface area (Å²) in [6, 6.07) is 15.1. The largest absolute Gasteiger partial charge is 0.310 e. The maximum Gasteiger partial charge on any atom is 0.123 e. The first-order chi connectivity index (χ1) is 11.2. The Morgan fingerprint density at radius 1 is 1.13 bits per heavy atom. The van der Waals surface area contributed by atoms with Gasteiger partial charge in [0.2, 0.25) is 0 Å². The summed E-state index contributed by atoms with van der Waals surface area (Å²) in [4.78, 5) is 5.69. The van der Waals surface area contributed by atoms with E-state index in [1.807, 2.05) is 12.3 Å². The standard InChI is InChI=1S/C19H19FN2S/c1-14-5-2-3-8-17(14)18-12-22-19(23-18)13-21-10-9-15-6-4-7-16(20)11-15/h2-8,11-12,21H,9-10,13H2,1H3. The summed E-state index contributed by atoms with van der Waals surface area (Å²) in [5, 5.41) is 4.45. The van der Waals surface area contributed by atoms with E-state index in [1.165, 1.54) is 22.1 Å². The Labute approximate surface area is 140 Å². The van der Waals surface area contributed by atoms with Crippen LogP contribution in [-0.2, 0) is 13.0 Å². The van der Waals surface area contributed by atoms with Crippen molar-refractivity contribution < 1.29 is 4.39 Å². The highest BCUT2D eigenvalue weighted by atomic mass is 32.1. The minimum atomic E-state index is -0.176. The Balaban J connectivity index is 1.53. The molecule has 0 spiro atoms. The lowest BCUT2D eigenvalue weighted by molar-refractivity contribution is 0.622. The summed E-state index contributed by atoms with van der Waals surface area (Å²) < 4.78 is 13.1. The van der Waals surface area contributed by atoms with Crippen molar-refractivity contribution in [2.75, 3.05) is 6.54 Å². The van der Waals surface area contributed by atoms with Gasteiger partial charge in [0.1, 0.15) is 10.8 Å². The molecule has 2 nitrogen and oxygen atoms in total. The normalized spacial score (nSPS) is 10.9. The molecule has 2 aromatic carbocycles. The minimum absolute atomic E-state index is 0.176. The van der Waals surface area contributed by atoms with Crippen LogP contribution in [0, 0.1) is 12.7 Å². The fourth-order valence-electron chi connectivity index (χ4n) is 2.49. The number of nitrogens with zero attached hydrogens (tertiary/aromatic N) is 1. The van der Waals surface area contributed by atoms with E-state index in [2.05, 4.69) is 41.5 Å². The van der Waals surface area contributed by atoms with Gasteiger partial charge in [-0.05, 0) is 48.7 Å². The number of aryl methyl sites for hydroxylation is 1. The molecule has 3 rings (SSSR count). The van der Waals surface area contributed by atoms with Crippen molar-refractivity contribution in [2.24, 2.45) is 0 Å². The van der Waals surface area contributed by atoms with Crippen molar-refractivity contribution in [3.63, 3.8) is 0 Å². The van der Waals surface area contributed by atoms with E-state index >= 15 is 0 Å². The van der Waals surface area contributed by atoms with Crippen LogP contribution in [0.4, 0.5) is 4.39 Å². The van der Waals surface area contributed by atoms with Gasteiger partial charge in [-0.25, -0.2) is 9.37 Å². The van der Waals surface area contributed by atoms with E-state index in [4.69, 9.17) is 0 Å². The SMILES string of the molecule is Cc1ccccc1-c1cnc(CNCCc2cccc(F)c2)s1. The smallest absolute Gasteiger partial charge is 0.123 e. The van der Waals surface area contributed by atoms with Gasteiger partial charge >= 0.3 is 0 Å². The highest BCUT2D eigenvalue weighted by Gasteiger charge is 2.06. The topological polar surface area (TPSA) is 24.9 Å². The fraction of sp³-hybridized carbons (Fsp3) is 0.211. The van der Waals surface area contributed by atoms with Crippen molar-refractivity contribution in [1.82, 2.24) is 10.3 Å². The molecule has 0 bridgehead atoms. The van der Waals surface area contributed by atoms with Crippen molar-refractivity contribution in [3.8, 4) is 10.4 Å². The number of nitrogens with one attached hydrogen (secondary N) is 1. The van der Waals surface area contributed by atoms with E-state index in [0.29, 0.717) is 0 Å². The van der Waals surface area contributed by atoms with Crippen molar-refractivity contribution in [1.29, 1.82) is 0 Å². The van der Waals surface area contributed by atoms with Crippen LogP contribution in [0.25, 0.3) is 10.4 Å². The molecule has 0 atom stereocenters. The molecule has 0 fully saturated rings. The summed E-state index contributed by atoms with van der Waals surface area (Å²) in [6.07, 6.45) is 2.75. The summed E-state index contributed by atoms with van der Waals surface area (Å²) >= 11 is 1.72. The Bertz CT molecular complexity index is 782. The predicted molar refractivity (Wildman–Crippen MR) is 94.1 cm³/mol. The average molecular weight is 326 g/mol. The lowest BCUT2D eigenvalue weighted by atomic mass is 10.1. The van der Waals surface area contributed by atoms with Gasteiger partial charge < -0.3 is 5.32 Å². The molecule has 0 aliphatic heterocycles. The Hall–Kier alpha value is -2.04. The zero-order valence-corrected chi connectivity index (χ0v) is 13.9. The molecule has 1 aromatic heterocycles. The number of hydrogen-bond acceptors (Lipinski definition) is 3. The molecule has 4 heteroatoms. The van der Waals surface area contributed by atoms with Gasteiger partial charge in [-0.15, -0.1) is 11.3 Å². The Kier molecular flexibility index (Phi) is 5.16. The number of rotatable bonds is 6. The van der Waals surface area contributed by atoms with Gasteiger partial charge in [-0.1, -0.05) is 36.4 Å². The molecule has 1 heterocycles. The molecule has 23 heavy (non-hydrogen) atoms. The van der Waals surface area contributed by atoms with Gasteiger partial charge in [0.25, 0.3) is 0 Å². The highest BCUT2D eigenvalue weighted by Crippen LogP contribution is 2.28. The molecule has 118 valence electrons. The van der Waals surface area contributed by atoms with E-state index < -0.39 is 0 Å². The quantitative estimate of drug-likeness (QED) is 0.670. The van der Waals surface area contributed by atoms with E-state index in [0.717, 1.165) is 30.1 Å². The maximum absolute atomic E-state index is 13.1. The Morgan fingerprint density at radius 2 is 2.00 bits per heavy atom. The maximum atomic E-state index is 13.1. The Morgan fingerprint density at radius 3 is 2.83 bits per heavy atom. The average Bonchev–Trinajstić information content (AvgIpc) is 3.01. The van der Waals surface area contributed by atoms with Crippen LogP contribution in [0.3, 0.4) is 0 Å². The summed E-state index contributed by atoms with van der Waals surface area (Å²) in [7, 11) is 0. The first kappa shape index (κ1) is 15.8. The molecule has 0 amide bonds. The second-order valence-electron chi connectivity index (χ2n) is 5.49. The first-order valence-corrected chi connectivity index (χ1v) is 8.50. The van der Waals surface area contributed by atoms with Crippen LogP contribution in [0.5, 0.6) is 0 Å². The molecule has 0 radical (unpaired) electrons. The number of halogens is 1. The third kappa shape index (κ3) is 4.24. The number of thiazole rings is 1. The van der Waals surface area contributed by atoms with Gasteiger partial charge in [-0.2, -0.15) is 0 Å². The van der Waals surface area contributed by atoms with E-state index in [-0.39, 0.29) is 5.82 Å². The zero-order chi connectivity index (χ0) is 16.1. The third-order valence-electron chi connectivity index (χ3n) is 3.72. The molecule has 0 saturated carbocycles. The third-order valence-corrected chi connectivity index (χ3v) is 4.75. The van der Waals surface area contributed by atoms with Crippen LogP contribution >= 0.6 is 11.3 Å². The molecular weight excluding hydrogens is 307 g/mol. The van der Waals surface area contributed by atoms with Gasteiger partial charge in [0, 0.05) is 12.7 Å². The number of hydrogen-bond donors (Lipinski definition) is 1. The highest BCUT2D eigenvalue weighted by molar-refractivity contribution is 7.15. The van der Waals surface area contributed by atoms with Crippen LogP contribution in [0.2, 0.25) is 0 Å². The van der Waals surface area contributed by atoms with Crippen LogP contribution in [0.15, 0.2) is 54.7 Å². The predicted octanol–water partition coefficient (Wildman–Crippen LogP) is 4.59. The van der Waals surface area contributed by atoms with Crippen molar-refractivity contribution in [2.45, 2.75) is 19.9 Å². The minimum Gasteiger partial charge on any atom is -0.310 e. The molecule has 0 saturated heterocycles. The molecule has 0 aliphatic rings. The van der Waals surface area contributed by atoms with Crippen LogP contribution in [0.1, 0.15) is 16.1 Å². The lowest BCUT2D eigenvalue weighted by Gasteiger charge is -2.03. The van der Waals surface area contributed by atoms with Crippen molar-refractivity contribution >= 4 is 11.3 Å². The van der Waals surface area contributed by atoms with Gasteiger partial charge in [-0.3, -0.25) is 0 Å². The summed E-state index contributed by atoms with van der Waals surface area (Å²) in [5.41, 5.74) is 3.52. The first-order valence-electron chi connectivity index (χ1n) is 7.68. The monoisotopic (exact) mass is 326 g/mol. The van der Waals surface area contributed by atoms with Gasteiger partial charge in [0.05, 0.1) is 4.88 Å². The molecule has 3 aromatic rings. The molecule has 1 N–H and O–H groups in total. The van der Waals surface area contributed by atoms with E-state index in [9.17, 15) is 4.39 Å². The molecular formula is C19H19FN2S.